The zero-order chi connectivity index (χ0) is 12.1. The van der Waals surface area contributed by atoms with Crippen LogP contribution in [0.25, 0.3) is 0 Å². The van der Waals surface area contributed by atoms with Gasteiger partial charge in [0.15, 0.2) is 0 Å². The highest BCUT2D eigenvalue weighted by atomic mass is 16.3. The summed E-state index contributed by atoms with van der Waals surface area (Å²) in [5, 5.41) is 21.8. The smallest absolute Gasteiger partial charge is 0.259 e. The van der Waals surface area contributed by atoms with Gasteiger partial charge in [0.2, 0.25) is 0 Å². The normalized spacial score (nSPS) is 10.4. The molecular formula is C12H17NO3. The summed E-state index contributed by atoms with van der Waals surface area (Å²) in [4.78, 5) is 11.8. The van der Waals surface area contributed by atoms with Crippen LogP contribution in [0.5, 0.6) is 11.5 Å². The monoisotopic (exact) mass is 223 g/mol. The van der Waals surface area contributed by atoms with Crippen LogP contribution in [0.4, 0.5) is 0 Å². The van der Waals surface area contributed by atoms with Crippen LogP contribution in [0, 0.1) is 0 Å². The van der Waals surface area contributed by atoms with Gasteiger partial charge in [-0.15, -0.1) is 0 Å². The van der Waals surface area contributed by atoms with E-state index < -0.39 is 5.91 Å². The van der Waals surface area contributed by atoms with E-state index in [1.807, 2.05) is 13.8 Å². The van der Waals surface area contributed by atoms with Crippen molar-refractivity contribution < 1.29 is 15.0 Å². The molecular weight excluding hydrogens is 206 g/mol. The minimum Gasteiger partial charge on any atom is -0.507 e. The minimum atomic E-state index is -0.440. The van der Waals surface area contributed by atoms with Crippen LogP contribution in [0.3, 0.4) is 0 Å². The van der Waals surface area contributed by atoms with Gasteiger partial charge in [-0.3, -0.25) is 4.79 Å². The summed E-state index contributed by atoms with van der Waals surface area (Å²) >= 11 is 0. The number of aromatic hydroxyl groups is 2. The molecule has 4 heteroatoms. The van der Waals surface area contributed by atoms with E-state index in [9.17, 15) is 15.0 Å². The molecule has 0 unspecified atom stereocenters. The highest BCUT2D eigenvalue weighted by Gasteiger charge is 2.17. The van der Waals surface area contributed by atoms with Crippen LogP contribution in [-0.4, -0.2) is 22.2 Å². The summed E-state index contributed by atoms with van der Waals surface area (Å²) in [6, 6.07) is 4.30. The van der Waals surface area contributed by atoms with Gasteiger partial charge in [0.05, 0.1) is 0 Å². The van der Waals surface area contributed by atoms with Crippen LogP contribution >= 0.6 is 0 Å². The fourth-order valence-electron chi connectivity index (χ4n) is 1.51. The molecule has 0 saturated carbocycles. The lowest BCUT2D eigenvalue weighted by Crippen LogP contribution is -2.33. The Hall–Kier alpha value is -1.71. The third-order valence-electron chi connectivity index (χ3n) is 2.57. The number of rotatable bonds is 4. The van der Waals surface area contributed by atoms with Gasteiger partial charge in [0, 0.05) is 6.04 Å². The Labute approximate surface area is 94.9 Å². The number of carbonyl (C=O) groups is 1. The molecule has 1 amide bonds. The number of phenolic OH excluding ortho intramolecular Hbond substituents is 2. The molecule has 0 saturated heterocycles. The fourth-order valence-corrected chi connectivity index (χ4v) is 1.51. The molecule has 3 N–H and O–H groups in total. The number of nitrogens with one attached hydrogen (secondary N) is 1. The summed E-state index contributed by atoms with van der Waals surface area (Å²) in [6.07, 6.45) is 1.63. The maximum absolute atomic E-state index is 11.8. The Morgan fingerprint density at radius 3 is 2.19 bits per heavy atom. The Bertz CT molecular complexity index is 352. The van der Waals surface area contributed by atoms with Gasteiger partial charge in [-0.05, 0) is 25.0 Å². The Balaban J connectivity index is 2.88. The van der Waals surface area contributed by atoms with E-state index in [1.165, 1.54) is 18.2 Å². The van der Waals surface area contributed by atoms with Gasteiger partial charge in [0.25, 0.3) is 5.91 Å². The first kappa shape index (κ1) is 12.4. The molecule has 4 nitrogen and oxygen atoms in total. The highest BCUT2D eigenvalue weighted by molar-refractivity contribution is 5.99. The van der Waals surface area contributed by atoms with E-state index in [1.54, 1.807) is 0 Å². The molecule has 0 atom stereocenters. The Morgan fingerprint density at radius 1 is 1.25 bits per heavy atom. The standard InChI is InChI=1S/C12H17NO3/c1-3-8(4-2)13-12(16)11-9(14)6-5-7-10(11)15/h5-8,14-15H,3-4H2,1-2H3,(H,13,16). The van der Waals surface area contributed by atoms with Crippen LogP contribution in [0.15, 0.2) is 18.2 Å². The molecule has 1 aromatic carbocycles. The van der Waals surface area contributed by atoms with Gasteiger partial charge >= 0.3 is 0 Å². The Morgan fingerprint density at radius 2 is 1.75 bits per heavy atom. The molecule has 0 bridgehead atoms. The highest BCUT2D eigenvalue weighted by Crippen LogP contribution is 2.26. The van der Waals surface area contributed by atoms with Crippen LogP contribution in [0.2, 0.25) is 0 Å². The molecule has 0 aliphatic heterocycles. The summed E-state index contributed by atoms with van der Waals surface area (Å²) < 4.78 is 0. The number of hydrogen-bond acceptors (Lipinski definition) is 3. The largest absolute Gasteiger partial charge is 0.507 e. The van der Waals surface area contributed by atoms with Crippen molar-refractivity contribution in [1.82, 2.24) is 5.32 Å². The van der Waals surface area contributed by atoms with Crippen molar-refractivity contribution in [2.24, 2.45) is 0 Å². The number of benzene rings is 1. The third-order valence-corrected chi connectivity index (χ3v) is 2.57. The van der Waals surface area contributed by atoms with Crippen LogP contribution in [0.1, 0.15) is 37.0 Å². The van der Waals surface area contributed by atoms with E-state index in [0.717, 1.165) is 12.8 Å². The van der Waals surface area contributed by atoms with Crippen molar-refractivity contribution >= 4 is 5.91 Å². The second-order valence-electron chi connectivity index (χ2n) is 3.66. The van der Waals surface area contributed by atoms with Crippen molar-refractivity contribution in [1.29, 1.82) is 0 Å². The second kappa shape index (κ2) is 5.39. The molecule has 0 aromatic heterocycles. The van der Waals surface area contributed by atoms with Gasteiger partial charge < -0.3 is 15.5 Å². The molecule has 0 fully saturated rings. The SMILES string of the molecule is CCC(CC)NC(=O)c1c(O)cccc1O. The predicted molar refractivity (Wildman–Crippen MR) is 61.6 cm³/mol. The molecule has 0 spiro atoms. The summed E-state index contributed by atoms with van der Waals surface area (Å²) in [7, 11) is 0. The Kier molecular flexibility index (Phi) is 4.17. The quantitative estimate of drug-likeness (QED) is 0.731. The van der Waals surface area contributed by atoms with Crippen LogP contribution in [-0.2, 0) is 0 Å². The predicted octanol–water partition coefficient (Wildman–Crippen LogP) is 2.02. The van der Waals surface area contributed by atoms with E-state index >= 15 is 0 Å². The lowest BCUT2D eigenvalue weighted by Gasteiger charge is -2.15. The van der Waals surface area contributed by atoms with E-state index in [-0.39, 0.29) is 23.1 Å². The molecule has 0 heterocycles. The first-order valence-corrected chi connectivity index (χ1v) is 5.41. The summed E-state index contributed by atoms with van der Waals surface area (Å²) in [6.45, 7) is 3.94. The number of hydrogen-bond donors (Lipinski definition) is 3. The average molecular weight is 223 g/mol. The van der Waals surface area contributed by atoms with E-state index in [2.05, 4.69) is 5.32 Å². The van der Waals surface area contributed by atoms with Gasteiger partial charge in [-0.1, -0.05) is 19.9 Å². The van der Waals surface area contributed by atoms with Gasteiger partial charge in [-0.25, -0.2) is 0 Å². The molecule has 16 heavy (non-hydrogen) atoms. The zero-order valence-electron chi connectivity index (χ0n) is 9.53. The van der Waals surface area contributed by atoms with Gasteiger partial charge in [0.1, 0.15) is 17.1 Å². The molecule has 88 valence electrons. The zero-order valence-corrected chi connectivity index (χ0v) is 9.53. The molecule has 1 aromatic rings. The summed E-state index contributed by atoms with van der Waals surface area (Å²) in [5.41, 5.74) is -0.0607. The lowest BCUT2D eigenvalue weighted by atomic mass is 10.1. The molecule has 1 rings (SSSR count). The van der Waals surface area contributed by atoms with Gasteiger partial charge in [-0.2, -0.15) is 0 Å². The maximum atomic E-state index is 11.8. The lowest BCUT2D eigenvalue weighted by molar-refractivity contribution is 0.0929. The first-order valence-electron chi connectivity index (χ1n) is 5.41. The minimum absolute atomic E-state index is 0.0607. The second-order valence-corrected chi connectivity index (χ2v) is 3.66. The first-order chi connectivity index (χ1) is 7.60. The van der Waals surface area contributed by atoms with E-state index in [0.29, 0.717) is 0 Å². The topological polar surface area (TPSA) is 69.6 Å². The van der Waals surface area contributed by atoms with Crippen molar-refractivity contribution in [3.63, 3.8) is 0 Å². The van der Waals surface area contributed by atoms with Crippen molar-refractivity contribution in [2.45, 2.75) is 32.7 Å². The molecule has 0 aliphatic carbocycles. The van der Waals surface area contributed by atoms with Crippen molar-refractivity contribution in [3.05, 3.63) is 23.8 Å². The summed E-state index contributed by atoms with van der Waals surface area (Å²) in [5.74, 6) is -0.851. The van der Waals surface area contributed by atoms with Crippen LogP contribution < -0.4 is 5.32 Å². The maximum Gasteiger partial charge on any atom is 0.259 e. The number of carbonyl (C=O) groups excluding carboxylic acids is 1. The molecule has 0 radical (unpaired) electrons. The molecule has 0 aliphatic rings. The number of amides is 1. The number of phenols is 2. The van der Waals surface area contributed by atoms with Crippen molar-refractivity contribution in [3.8, 4) is 11.5 Å². The third kappa shape index (κ3) is 2.66. The van der Waals surface area contributed by atoms with E-state index in [4.69, 9.17) is 0 Å². The van der Waals surface area contributed by atoms with Crippen molar-refractivity contribution in [2.75, 3.05) is 0 Å². The average Bonchev–Trinajstić information content (AvgIpc) is 2.25. The fraction of sp³-hybridized carbons (Fsp3) is 0.417.